The normalized spacial score (nSPS) is 22.4. The van der Waals surface area contributed by atoms with Crippen LogP contribution in [0.25, 0.3) is 0 Å². The maximum atomic E-state index is 6.00. The lowest BCUT2D eigenvalue weighted by Crippen LogP contribution is -2.24. The predicted molar refractivity (Wildman–Crippen MR) is 111 cm³/mol. The molecule has 28 heavy (non-hydrogen) atoms. The minimum Gasteiger partial charge on any atom is -0.377 e. The Balaban J connectivity index is 2.15. The standard InChI is InChI=1S/C22H44O6/c1-2-3-4-5-6-7-8-9-10-22-21-27-18-17-25-14-13-23-11-12-24-15-16-26-19-20-28-22/h22H,2-21H2,1H3/t22-/m0/s1. The van der Waals surface area contributed by atoms with Crippen LogP contribution in [0.3, 0.4) is 0 Å². The molecular weight excluding hydrogens is 360 g/mol. The Morgan fingerprint density at radius 1 is 0.500 bits per heavy atom. The van der Waals surface area contributed by atoms with Crippen molar-refractivity contribution in [3.63, 3.8) is 0 Å². The Hall–Kier alpha value is -0.240. The third-order valence-corrected chi connectivity index (χ3v) is 4.75. The van der Waals surface area contributed by atoms with Gasteiger partial charge < -0.3 is 28.4 Å². The summed E-state index contributed by atoms with van der Waals surface area (Å²) in [6.45, 7) is 8.79. The molecule has 0 saturated carbocycles. The van der Waals surface area contributed by atoms with Gasteiger partial charge in [-0.15, -0.1) is 0 Å². The smallest absolute Gasteiger partial charge is 0.0809 e. The first kappa shape index (κ1) is 25.8. The topological polar surface area (TPSA) is 55.4 Å². The average molecular weight is 405 g/mol. The van der Waals surface area contributed by atoms with Crippen LogP contribution in [-0.2, 0) is 28.4 Å². The minimum absolute atomic E-state index is 0.141. The molecule has 1 aliphatic rings. The van der Waals surface area contributed by atoms with Crippen LogP contribution >= 0.6 is 0 Å². The summed E-state index contributed by atoms with van der Waals surface area (Å²) in [5.41, 5.74) is 0. The number of hydrogen-bond acceptors (Lipinski definition) is 6. The third-order valence-electron chi connectivity index (χ3n) is 4.75. The van der Waals surface area contributed by atoms with Crippen molar-refractivity contribution in [1.29, 1.82) is 0 Å². The van der Waals surface area contributed by atoms with Crippen molar-refractivity contribution < 1.29 is 28.4 Å². The van der Waals surface area contributed by atoms with Crippen LogP contribution in [0.5, 0.6) is 0 Å². The maximum Gasteiger partial charge on any atom is 0.0809 e. The van der Waals surface area contributed by atoms with Gasteiger partial charge in [-0.2, -0.15) is 0 Å². The lowest BCUT2D eigenvalue weighted by molar-refractivity contribution is -0.0628. The summed E-state index contributed by atoms with van der Waals surface area (Å²) >= 11 is 0. The van der Waals surface area contributed by atoms with Crippen LogP contribution in [-0.4, -0.2) is 78.8 Å². The van der Waals surface area contributed by atoms with Crippen molar-refractivity contribution in [2.75, 3.05) is 72.7 Å². The molecule has 0 aromatic heterocycles. The highest BCUT2D eigenvalue weighted by atomic mass is 16.6. The van der Waals surface area contributed by atoms with Gasteiger partial charge in [0.2, 0.25) is 0 Å². The Morgan fingerprint density at radius 3 is 1.46 bits per heavy atom. The SMILES string of the molecule is CCCCCCCCCC[C@H]1COCCOCCOCCOCCOCCO1. The molecule has 0 aromatic carbocycles. The number of hydrogen-bond donors (Lipinski definition) is 0. The van der Waals surface area contributed by atoms with Crippen molar-refractivity contribution in [2.45, 2.75) is 70.8 Å². The molecule has 0 aliphatic carbocycles. The quantitative estimate of drug-likeness (QED) is 0.542. The van der Waals surface area contributed by atoms with Gasteiger partial charge in [0.15, 0.2) is 0 Å². The summed E-state index contributed by atoms with van der Waals surface area (Å²) in [4.78, 5) is 0. The molecule has 1 heterocycles. The van der Waals surface area contributed by atoms with E-state index < -0.39 is 0 Å². The fourth-order valence-corrected chi connectivity index (χ4v) is 3.09. The van der Waals surface area contributed by atoms with Gasteiger partial charge in [0.05, 0.1) is 78.8 Å². The number of unbranched alkanes of at least 4 members (excludes halogenated alkanes) is 7. The first-order valence-electron chi connectivity index (χ1n) is 11.4. The van der Waals surface area contributed by atoms with Crippen molar-refractivity contribution >= 4 is 0 Å². The highest BCUT2D eigenvalue weighted by molar-refractivity contribution is 4.59. The molecular formula is C22H44O6. The maximum absolute atomic E-state index is 6.00. The molecule has 1 rings (SSSR count). The van der Waals surface area contributed by atoms with Crippen LogP contribution in [0.2, 0.25) is 0 Å². The molecule has 1 aliphatic heterocycles. The van der Waals surface area contributed by atoms with Crippen LogP contribution in [0.1, 0.15) is 64.7 Å². The van der Waals surface area contributed by atoms with E-state index in [1.165, 1.54) is 51.4 Å². The Bertz CT molecular complexity index is 285. The lowest BCUT2D eigenvalue weighted by atomic mass is 10.1. The molecule has 1 fully saturated rings. The second kappa shape index (κ2) is 21.5. The number of rotatable bonds is 9. The van der Waals surface area contributed by atoms with E-state index in [0.29, 0.717) is 72.7 Å². The van der Waals surface area contributed by atoms with E-state index in [0.717, 1.165) is 6.42 Å². The summed E-state index contributed by atoms with van der Waals surface area (Å²) in [7, 11) is 0. The zero-order valence-corrected chi connectivity index (χ0v) is 18.2. The third kappa shape index (κ3) is 17.8. The highest BCUT2D eigenvalue weighted by Gasteiger charge is 2.10. The van der Waals surface area contributed by atoms with E-state index in [4.69, 9.17) is 28.4 Å². The minimum atomic E-state index is 0.141. The molecule has 0 N–H and O–H groups in total. The van der Waals surface area contributed by atoms with Gasteiger partial charge in [-0.25, -0.2) is 0 Å². The Morgan fingerprint density at radius 2 is 0.929 bits per heavy atom. The summed E-state index contributed by atoms with van der Waals surface area (Å²) in [6.07, 6.45) is 11.8. The largest absolute Gasteiger partial charge is 0.377 e. The number of ether oxygens (including phenoxy) is 6. The molecule has 0 amide bonds. The molecule has 6 nitrogen and oxygen atoms in total. The van der Waals surface area contributed by atoms with Gasteiger partial charge in [0.25, 0.3) is 0 Å². The summed E-state index contributed by atoms with van der Waals surface area (Å²) in [6, 6.07) is 0. The Kier molecular flexibility index (Phi) is 19.8. The molecule has 1 atom stereocenters. The molecule has 6 heteroatoms. The van der Waals surface area contributed by atoms with E-state index in [-0.39, 0.29) is 6.10 Å². The van der Waals surface area contributed by atoms with Crippen molar-refractivity contribution in [3.8, 4) is 0 Å². The lowest BCUT2D eigenvalue weighted by Gasteiger charge is -2.18. The Labute approximate surface area is 172 Å². The summed E-state index contributed by atoms with van der Waals surface area (Å²) in [5, 5.41) is 0. The monoisotopic (exact) mass is 404 g/mol. The van der Waals surface area contributed by atoms with Crippen LogP contribution in [0, 0.1) is 0 Å². The van der Waals surface area contributed by atoms with E-state index in [1.807, 2.05) is 0 Å². The molecule has 1 saturated heterocycles. The van der Waals surface area contributed by atoms with Crippen LogP contribution < -0.4 is 0 Å². The van der Waals surface area contributed by atoms with Crippen molar-refractivity contribution in [2.24, 2.45) is 0 Å². The molecule has 0 spiro atoms. The fourth-order valence-electron chi connectivity index (χ4n) is 3.09. The molecule has 0 bridgehead atoms. The van der Waals surface area contributed by atoms with Crippen LogP contribution in [0.15, 0.2) is 0 Å². The van der Waals surface area contributed by atoms with Gasteiger partial charge in [0.1, 0.15) is 0 Å². The fraction of sp³-hybridized carbons (Fsp3) is 1.00. The van der Waals surface area contributed by atoms with E-state index >= 15 is 0 Å². The summed E-state index contributed by atoms with van der Waals surface area (Å²) < 4.78 is 33.7. The van der Waals surface area contributed by atoms with Gasteiger partial charge in [-0.1, -0.05) is 58.3 Å². The van der Waals surface area contributed by atoms with Crippen LogP contribution in [0.4, 0.5) is 0 Å². The zero-order valence-electron chi connectivity index (χ0n) is 18.2. The van der Waals surface area contributed by atoms with Gasteiger partial charge in [-0.05, 0) is 6.42 Å². The molecule has 0 aromatic rings. The zero-order chi connectivity index (χ0) is 20.0. The predicted octanol–water partition coefficient (Wildman–Crippen LogP) is 4.00. The molecule has 0 radical (unpaired) electrons. The molecule has 0 unspecified atom stereocenters. The highest BCUT2D eigenvalue weighted by Crippen LogP contribution is 2.12. The first-order valence-corrected chi connectivity index (χ1v) is 11.4. The van der Waals surface area contributed by atoms with Crippen molar-refractivity contribution in [3.05, 3.63) is 0 Å². The van der Waals surface area contributed by atoms with Crippen molar-refractivity contribution in [1.82, 2.24) is 0 Å². The van der Waals surface area contributed by atoms with E-state index in [9.17, 15) is 0 Å². The van der Waals surface area contributed by atoms with Gasteiger partial charge in [0, 0.05) is 0 Å². The molecule has 168 valence electrons. The van der Waals surface area contributed by atoms with Gasteiger partial charge >= 0.3 is 0 Å². The van der Waals surface area contributed by atoms with E-state index in [1.54, 1.807) is 0 Å². The van der Waals surface area contributed by atoms with Gasteiger partial charge in [-0.3, -0.25) is 0 Å². The average Bonchev–Trinajstić information content (AvgIpc) is 2.71. The van der Waals surface area contributed by atoms with E-state index in [2.05, 4.69) is 6.92 Å². The second-order valence-corrected chi connectivity index (χ2v) is 7.28. The second-order valence-electron chi connectivity index (χ2n) is 7.28. The summed E-state index contributed by atoms with van der Waals surface area (Å²) in [5.74, 6) is 0. The first-order chi connectivity index (χ1) is 13.9.